The highest BCUT2D eigenvalue weighted by Crippen LogP contribution is 2.30. The number of aryl methyl sites for hydroxylation is 1. The number of aromatic nitrogens is 2. The predicted molar refractivity (Wildman–Crippen MR) is 108 cm³/mol. The first-order valence-corrected chi connectivity index (χ1v) is 9.03. The first kappa shape index (κ1) is 15.8. The molecule has 5 heteroatoms. The van der Waals surface area contributed by atoms with E-state index in [2.05, 4.69) is 68.8 Å². The molecule has 5 rings (SSSR count). The quantitative estimate of drug-likeness (QED) is 0.714. The molecule has 2 aromatic carbocycles. The van der Waals surface area contributed by atoms with E-state index < -0.39 is 0 Å². The highest BCUT2D eigenvalue weighted by molar-refractivity contribution is 6.11. The van der Waals surface area contributed by atoms with Gasteiger partial charge < -0.3 is 4.57 Å². The molecule has 132 valence electrons. The fraction of sp³-hybridized carbons (Fsp3) is 0.136. The van der Waals surface area contributed by atoms with Gasteiger partial charge in [0.1, 0.15) is 6.34 Å². The number of amidine groups is 1. The maximum atomic E-state index is 4.73. The van der Waals surface area contributed by atoms with Crippen LogP contribution in [-0.4, -0.2) is 33.2 Å². The van der Waals surface area contributed by atoms with E-state index in [0.717, 1.165) is 29.6 Å². The van der Waals surface area contributed by atoms with Gasteiger partial charge in [-0.15, -0.1) is 0 Å². The van der Waals surface area contributed by atoms with Gasteiger partial charge in [0.05, 0.1) is 19.4 Å². The third-order valence-corrected chi connectivity index (χ3v) is 4.95. The fourth-order valence-corrected chi connectivity index (χ4v) is 3.48. The van der Waals surface area contributed by atoms with E-state index in [4.69, 9.17) is 4.99 Å². The number of fused-ring (bicyclic) bond motifs is 3. The highest BCUT2D eigenvalue weighted by Gasteiger charge is 2.30. The Morgan fingerprint density at radius 1 is 1.04 bits per heavy atom. The number of hydrogen-bond acceptors (Lipinski definition) is 4. The first-order chi connectivity index (χ1) is 13.3. The van der Waals surface area contributed by atoms with Gasteiger partial charge in [0.15, 0.2) is 17.3 Å². The van der Waals surface area contributed by atoms with Crippen LogP contribution in [0.15, 0.2) is 76.6 Å². The Morgan fingerprint density at radius 2 is 1.85 bits per heavy atom. The highest BCUT2D eigenvalue weighted by atomic mass is 15.3. The zero-order chi connectivity index (χ0) is 18.2. The van der Waals surface area contributed by atoms with Gasteiger partial charge in [-0.3, -0.25) is 9.89 Å². The molecule has 1 aromatic heterocycles. The molecule has 5 nitrogen and oxygen atoms in total. The molecule has 0 atom stereocenters. The Morgan fingerprint density at radius 3 is 2.70 bits per heavy atom. The van der Waals surface area contributed by atoms with Crippen molar-refractivity contribution in [3.05, 3.63) is 89.0 Å². The zero-order valence-corrected chi connectivity index (χ0v) is 15.1. The molecule has 0 fully saturated rings. The van der Waals surface area contributed by atoms with E-state index in [-0.39, 0.29) is 0 Å². The van der Waals surface area contributed by atoms with Crippen molar-refractivity contribution < 1.29 is 0 Å². The minimum absolute atomic E-state index is 0.640. The van der Waals surface area contributed by atoms with Crippen molar-refractivity contribution in [3.63, 3.8) is 0 Å². The number of aliphatic imine (C=N–C) groups is 2. The lowest BCUT2D eigenvalue weighted by molar-refractivity contribution is 0.776. The summed E-state index contributed by atoms with van der Waals surface area (Å²) < 4.78 is 2.07. The molecule has 0 saturated carbocycles. The van der Waals surface area contributed by atoms with Crippen LogP contribution in [0, 0.1) is 6.92 Å². The van der Waals surface area contributed by atoms with Crippen molar-refractivity contribution in [2.24, 2.45) is 9.98 Å². The van der Waals surface area contributed by atoms with Crippen LogP contribution < -0.4 is 0 Å². The van der Waals surface area contributed by atoms with Crippen molar-refractivity contribution in [2.75, 3.05) is 6.54 Å². The summed E-state index contributed by atoms with van der Waals surface area (Å²) in [6.45, 7) is 3.51. The van der Waals surface area contributed by atoms with Gasteiger partial charge in [-0.2, -0.15) is 0 Å². The van der Waals surface area contributed by atoms with Crippen LogP contribution >= 0.6 is 0 Å². The Kier molecular flexibility index (Phi) is 3.71. The predicted octanol–water partition coefficient (Wildman–Crippen LogP) is 4.02. The van der Waals surface area contributed by atoms with Crippen molar-refractivity contribution >= 4 is 24.1 Å². The second kappa shape index (κ2) is 6.36. The second-order valence-corrected chi connectivity index (χ2v) is 6.78. The molecular weight excluding hydrogens is 334 g/mol. The van der Waals surface area contributed by atoms with Crippen molar-refractivity contribution in [1.82, 2.24) is 14.5 Å². The van der Waals surface area contributed by atoms with Crippen LogP contribution in [-0.2, 0) is 6.54 Å². The molecule has 0 radical (unpaired) electrons. The number of nitrogens with zero attached hydrogens (tertiary/aromatic N) is 5. The monoisotopic (exact) mass is 353 g/mol. The van der Waals surface area contributed by atoms with E-state index in [1.165, 1.54) is 16.7 Å². The molecule has 0 spiro atoms. The number of hydrogen-bond donors (Lipinski definition) is 0. The van der Waals surface area contributed by atoms with Crippen LogP contribution in [0.1, 0.15) is 22.4 Å². The van der Waals surface area contributed by atoms with Crippen LogP contribution in [0.25, 0.3) is 6.08 Å². The number of rotatable bonds is 3. The summed E-state index contributed by atoms with van der Waals surface area (Å²) in [6.07, 6.45) is 5.90. The summed E-state index contributed by atoms with van der Waals surface area (Å²) in [5, 5.41) is 0. The summed E-state index contributed by atoms with van der Waals surface area (Å²) in [6, 6.07) is 18.7. The second-order valence-electron chi connectivity index (χ2n) is 6.78. The van der Waals surface area contributed by atoms with Crippen LogP contribution in [0.5, 0.6) is 0 Å². The molecule has 0 unspecified atom stereocenters. The lowest BCUT2D eigenvalue weighted by atomic mass is 10.1. The molecule has 3 heterocycles. The normalized spacial score (nSPS) is 16.4. The molecule has 0 bridgehead atoms. The molecule has 0 aliphatic carbocycles. The van der Waals surface area contributed by atoms with Crippen molar-refractivity contribution in [3.8, 4) is 0 Å². The first-order valence-electron chi connectivity index (χ1n) is 9.03. The third-order valence-electron chi connectivity index (χ3n) is 4.95. The van der Waals surface area contributed by atoms with E-state index in [0.29, 0.717) is 6.54 Å². The molecule has 3 aromatic rings. The van der Waals surface area contributed by atoms with Crippen molar-refractivity contribution in [2.45, 2.75) is 13.5 Å². The maximum absolute atomic E-state index is 4.73. The maximum Gasteiger partial charge on any atom is 0.165 e. The van der Waals surface area contributed by atoms with Gasteiger partial charge in [-0.1, -0.05) is 54.6 Å². The van der Waals surface area contributed by atoms with E-state index in [1.54, 1.807) is 0 Å². The summed E-state index contributed by atoms with van der Waals surface area (Å²) in [5.41, 5.74) is 5.65. The molecule has 27 heavy (non-hydrogen) atoms. The Hall–Kier alpha value is -3.47. The lowest BCUT2D eigenvalue weighted by Crippen LogP contribution is -2.28. The molecular formula is C22H19N5. The standard InChI is InChI=1S/C22H19N5/c1-16-7-5-6-10-18(16)11-19-12-23-22-20-21(25-15-27(19)22)26(14-24-20)13-17-8-3-2-4-9-17/h2-11,14-15H,12-13H2,1H3/b19-11-. The van der Waals surface area contributed by atoms with E-state index in [1.807, 2.05) is 30.9 Å². The SMILES string of the molecule is Cc1ccccc1/C=C1/CN=C2c3ncn(Cc4ccccc4)c3N=CN21. The Labute approximate surface area is 158 Å². The van der Waals surface area contributed by atoms with Gasteiger partial charge in [-0.05, 0) is 29.7 Å². The van der Waals surface area contributed by atoms with Gasteiger partial charge in [0.25, 0.3) is 0 Å². The summed E-state index contributed by atoms with van der Waals surface area (Å²) in [5.74, 6) is 1.75. The van der Waals surface area contributed by atoms with Crippen molar-refractivity contribution in [1.29, 1.82) is 0 Å². The average molecular weight is 353 g/mol. The minimum Gasteiger partial charge on any atom is -0.311 e. The zero-order valence-electron chi connectivity index (χ0n) is 15.1. The number of imidazole rings is 1. The summed E-state index contributed by atoms with van der Waals surface area (Å²) >= 11 is 0. The molecule has 0 saturated heterocycles. The van der Waals surface area contributed by atoms with E-state index >= 15 is 0 Å². The average Bonchev–Trinajstić information content (AvgIpc) is 3.29. The fourth-order valence-electron chi connectivity index (χ4n) is 3.48. The molecule has 2 aliphatic rings. The van der Waals surface area contributed by atoms with Crippen LogP contribution in [0.3, 0.4) is 0 Å². The van der Waals surface area contributed by atoms with Gasteiger partial charge in [0, 0.05) is 5.70 Å². The summed E-state index contributed by atoms with van der Waals surface area (Å²) in [7, 11) is 0. The van der Waals surface area contributed by atoms with Crippen LogP contribution in [0.2, 0.25) is 0 Å². The van der Waals surface area contributed by atoms with Crippen LogP contribution in [0.4, 0.5) is 5.82 Å². The lowest BCUT2D eigenvalue weighted by Gasteiger charge is -2.20. The smallest absolute Gasteiger partial charge is 0.165 e. The third kappa shape index (κ3) is 2.77. The summed E-state index contributed by atoms with van der Waals surface area (Å²) in [4.78, 5) is 16.1. The van der Waals surface area contributed by atoms with Gasteiger partial charge >= 0.3 is 0 Å². The Balaban J connectivity index is 1.46. The molecule has 2 aliphatic heterocycles. The minimum atomic E-state index is 0.640. The van der Waals surface area contributed by atoms with E-state index in [9.17, 15) is 0 Å². The largest absolute Gasteiger partial charge is 0.311 e. The Bertz CT molecular complexity index is 1090. The van der Waals surface area contributed by atoms with Gasteiger partial charge in [0.2, 0.25) is 0 Å². The number of benzene rings is 2. The molecule has 0 amide bonds. The topological polar surface area (TPSA) is 45.8 Å². The molecule has 0 N–H and O–H groups in total. The van der Waals surface area contributed by atoms with Gasteiger partial charge in [-0.25, -0.2) is 9.98 Å².